The maximum atomic E-state index is 11.3. The fraction of sp³-hybridized carbons (Fsp3) is 0.273. The molecular formula is C11H11ClO4. The van der Waals surface area contributed by atoms with Gasteiger partial charge in [0.1, 0.15) is 5.75 Å². The van der Waals surface area contributed by atoms with Crippen molar-refractivity contribution in [2.24, 2.45) is 0 Å². The third-order valence-corrected chi connectivity index (χ3v) is 2.38. The number of halogens is 1. The van der Waals surface area contributed by atoms with Crippen LogP contribution in [0.25, 0.3) is 0 Å². The third kappa shape index (κ3) is 2.97. The lowest BCUT2D eigenvalue weighted by Crippen LogP contribution is -2.17. The summed E-state index contributed by atoms with van der Waals surface area (Å²) in [5.74, 6) is -0.902. The normalized spacial score (nSPS) is 9.69. The zero-order valence-electron chi connectivity index (χ0n) is 8.95. The summed E-state index contributed by atoms with van der Waals surface area (Å²) in [5.41, 5.74) is 0.567. The second-order valence-electron chi connectivity index (χ2n) is 3.05. The number of carbonyl (C=O) groups is 2. The molecular weight excluding hydrogens is 232 g/mol. The lowest BCUT2D eigenvalue weighted by molar-refractivity contribution is -0.151. The fourth-order valence-electron chi connectivity index (χ4n) is 1.16. The van der Waals surface area contributed by atoms with Gasteiger partial charge in [0.05, 0.1) is 14.2 Å². The SMILES string of the molecule is COC(=O)C(=O)Cc1ccc(OC)cc1Cl. The van der Waals surface area contributed by atoms with E-state index in [0.717, 1.165) is 7.11 Å². The molecule has 0 amide bonds. The lowest BCUT2D eigenvalue weighted by atomic mass is 10.1. The van der Waals surface area contributed by atoms with Crippen LogP contribution in [0.5, 0.6) is 5.75 Å². The quantitative estimate of drug-likeness (QED) is 0.595. The molecule has 0 saturated carbocycles. The van der Waals surface area contributed by atoms with Crippen molar-refractivity contribution in [3.05, 3.63) is 28.8 Å². The van der Waals surface area contributed by atoms with E-state index in [1.165, 1.54) is 7.11 Å². The van der Waals surface area contributed by atoms with Crippen LogP contribution < -0.4 is 4.74 Å². The van der Waals surface area contributed by atoms with Crippen molar-refractivity contribution in [1.82, 2.24) is 0 Å². The Morgan fingerprint density at radius 2 is 2.00 bits per heavy atom. The summed E-state index contributed by atoms with van der Waals surface area (Å²) in [6.07, 6.45) is -0.0739. The van der Waals surface area contributed by atoms with Crippen LogP contribution in [0.1, 0.15) is 5.56 Å². The van der Waals surface area contributed by atoms with Gasteiger partial charge in [0.15, 0.2) is 0 Å². The Kier molecular flexibility index (Phi) is 4.31. The second-order valence-corrected chi connectivity index (χ2v) is 3.46. The average Bonchev–Trinajstić information content (AvgIpc) is 2.30. The summed E-state index contributed by atoms with van der Waals surface area (Å²) in [7, 11) is 2.68. The summed E-state index contributed by atoms with van der Waals surface area (Å²) >= 11 is 5.92. The van der Waals surface area contributed by atoms with Gasteiger partial charge in [0, 0.05) is 11.4 Å². The van der Waals surface area contributed by atoms with Crippen LogP contribution in [0.4, 0.5) is 0 Å². The van der Waals surface area contributed by atoms with Crippen LogP contribution >= 0.6 is 11.6 Å². The van der Waals surface area contributed by atoms with E-state index in [0.29, 0.717) is 16.3 Å². The Bertz CT molecular complexity index is 414. The zero-order chi connectivity index (χ0) is 12.1. The Hall–Kier alpha value is -1.55. The van der Waals surface area contributed by atoms with E-state index in [1.54, 1.807) is 18.2 Å². The predicted octanol–water partition coefficient (Wildman–Crippen LogP) is 1.63. The van der Waals surface area contributed by atoms with E-state index in [-0.39, 0.29) is 6.42 Å². The minimum absolute atomic E-state index is 0.0739. The topological polar surface area (TPSA) is 52.6 Å². The maximum absolute atomic E-state index is 11.3. The van der Waals surface area contributed by atoms with Crippen molar-refractivity contribution in [1.29, 1.82) is 0 Å². The molecule has 0 spiro atoms. The Morgan fingerprint density at radius 1 is 1.31 bits per heavy atom. The molecule has 0 bridgehead atoms. The number of ether oxygens (including phenoxy) is 2. The lowest BCUT2D eigenvalue weighted by Gasteiger charge is -2.05. The Morgan fingerprint density at radius 3 is 2.50 bits per heavy atom. The molecule has 0 atom stereocenters. The van der Waals surface area contributed by atoms with Crippen LogP contribution in [0.3, 0.4) is 0 Å². The molecule has 0 aliphatic heterocycles. The minimum atomic E-state index is -0.869. The monoisotopic (exact) mass is 242 g/mol. The largest absolute Gasteiger partial charge is 0.497 e. The van der Waals surface area contributed by atoms with Crippen molar-refractivity contribution >= 4 is 23.4 Å². The van der Waals surface area contributed by atoms with Crippen LogP contribution in [0.15, 0.2) is 18.2 Å². The van der Waals surface area contributed by atoms with E-state index in [2.05, 4.69) is 4.74 Å². The first-order valence-corrected chi connectivity index (χ1v) is 4.90. The van der Waals surface area contributed by atoms with Crippen molar-refractivity contribution in [3.8, 4) is 5.75 Å². The summed E-state index contributed by atoms with van der Waals surface area (Å²) < 4.78 is 9.28. The Balaban J connectivity index is 2.82. The van der Waals surface area contributed by atoms with E-state index < -0.39 is 11.8 Å². The molecule has 5 heteroatoms. The highest BCUT2D eigenvalue weighted by atomic mass is 35.5. The van der Waals surface area contributed by atoms with Gasteiger partial charge in [-0.05, 0) is 17.7 Å². The zero-order valence-corrected chi connectivity index (χ0v) is 9.71. The molecule has 0 fully saturated rings. The molecule has 1 aromatic carbocycles. The van der Waals surface area contributed by atoms with Crippen LogP contribution in [0.2, 0.25) is 5.02 Å². The molecule has 0 aliphatic rings. The number of Topliss-reactive ketones (excluding diaryl/α,β-unsaturated/α-hetero) is 1. The number of benzene rings is 1. The predicted molar refractivity (Wildman–Crippen MR) is 58.7 cm³/mol. The number of rotatable bonds is 4. The average molecular weight is 243 g/mol. The van der Waals surface area contributed by atoms with Crippen LogP contribution in [-0.4, -0.2) is 26.0 Å². The summed E-state index contributed by atoms with van der Waals surface area (Å²) in [6, 6.07) is 4.90. The minimum Gasteiger partial charge on any atom is -0.497 e. The van der Waals surface area contributed by atoms with Crippen molar-refractivity contribution < 1.29 is 19.1 Å². The molecule has 0 heterocycles. The van der Waals surface area contributed by atoms with Gasteiger partial charge in [-0.2, -0.15) is 0 Å². The van der Waals surface area contributed by atoms with Gasteiger partial charge in [-0.25, -0.2) is 4.79 Å². The summed E-state index contributed by atoms with van der Waals surface area (Å²) in [4.78, 5) is 22.2. The molecule has 86 valence electrons. The van der Waals surface area contributed by atoms with Crippen molar-refractivity contribution in [3.63, 3.8) is 0 Å². The standard InChI is InChI=1S/C11H11ClO4/c1-15-8-4-3-7(9(12)6-8)5-10(13)11(14)16-2/h3-4,6H,5H2,1-2H3. The summed E-state index contributed by atoms with van der Waals surface area (Å²) in [5, 5.41) is 0.386. The van der Waals surface area contributed by atoms with Crippen molar-refractivity contribution in [2.75, 3.05) is 14.2 Å². The highest BCUT2D eigenvalue weighted by molar-refractivity contribution is 6.35. The molecule has 4 nitrogen and oxygen atoms in total. The van der Waals surface area contributed by atoms with E-state index in [1.807, 2.05) is 0 Å². The number of esters is 1. The first kappa shape index (κ1) is 12.5. The first-order valence-electron chi connectivity index (χ1n) is 4.52. The van der Waals surface area contributed by atoms with Crippen LogP contribution in [-0.2, 0) is 20.7 Å². The number of carbonyl (C=O) groups excluding carboxylic acids is 2. The van der Waals surface area contributed by atoms with E-state index >= 15 is 0 Å². The second kappa shape index (κ2) is 5.51. The van der Waals surface area contributed by atoms with Gasteiger partial charge >= 0.3 is 5.97 Å². The van der Waals surface area contributed by atoms with Gasteiger partial charge in [-0.3, -0.25) is 4.79 Å². The number of hydrogen-bond acceptors (Lipinski definition) is 4. The Labute approximate surface area is 98.1 Å². The number of ketones is 1. The summed E-state index contributed by atoms with van der Waals surface area (Å²) in [6.45, 7) is 0. The smallest absolute Gasteiger partial charge is 0.374 e. The highest BCUT2D eigenvalue weighted by Crippen LogP contribution is 2.22. The molecule has 0 radical (unpaired) electrons. The number of methoxy groups -OCH3 is 2. The van der Waals surface area contributed by atoms with Gasteiger partial charge < -0.3 is 9.47 Å². The molecule has 0 aromatic heterocycles. The van der Waals surface area contributed by atoms with Gasteiger partial charge in [-0.15, -0.1) is 0 Å². The van der Waals surface area contributed by atoms with Crippen LogP contribution in [0, 0.1) is 0 Å². The highest BCUT2D eigenvalue weighted by Gasteiger charge is 2.16. The number of hydrogen-bond donors (Lipinski definition) is 0. The van der Waals surface area contributed by atoms with Crippen molar-refractivity contribution in [2.45, 2.75) is 6.42 Å². The first-order chi connectivity index (χ1) is 7.58. The molecule has 1 aromatic rings. The van der Waals surface area contributed by atoms with Gasteiger partial charge in [-0.1, -0.05) is 17.7 Å². The molecule has 1 rings (SSSR count). The fourth-order valence-corrected chi connectivity index (χ4v) is 1.39. The van der Waals surface area contributed by atoms with Gasteiger partial charge in [0.25, 0.3) is 0 Å². The molecule has 16 heavy (non-hydrogen) atoms. The molecule has 0 N–H and O–H groups in total. The van der Waals surface area contributed by atoms with E-state index in [9.17, 15) is 9.59 Å². The third-order valence-electron chi connectivity index (χ3n) is 2.02. The maximum Gasteiger partial charge on any atom is 0.374 e. The molecule has 0 aliphatic carbocycles. The molecule has 0 unspecified atom stereocenters. The molecule has 0 saturated heterocycles. The van der Waals surface area contributed by atoms with Gasteiger partial charge in [0.2, 0.25) is 5.78 Å². The van der Waals surface area contributed by atoms with E-state index in [4.69, 9.17) is 16.3 Å².